The fourth-order valence-electron chi connectivity index (χ4n) is 6.42. The Morgan fingerprint density at radius 3 is 2.75 bits per heavy atom. The van der Waals surface area contributed by atoms with Crippen molar-refractivity contribution in [2.75, 3.05) is 48.8 Å². The molecule has 3 heterocycles. The smallest absolute Gasteiger partial charge is 0.257 e. The summed E-state index contributed by atoms with van der Waals surface area (Å²) in [6.45, 7) is 3.69. The minimum Gasteiger partial charge on any atom is -0.368 e. The van der Waals surface area contributed by atoms with Crippen molar-refractivity contribution >= 4 is 45.2 Å². The van der Waals surface area contributed by atoms with Gasteiger partial charge in [0, 0.05) is 43.3 Å². The highest BCUT2D eigenvalue weighted by molar-refractivity contribution is 6.11. The fourth-order valence-corrected chi connectivity index (χ4v) is 6.42. The number of hydrogen-bond acceptors (Lipinski definition) is 6. The Morgan fingerprint density at radius 2 is 1.94 bits per heavy atom. The zero-order chi connectivity index (χ0) is 24.2. The number of amides is 1. The van der Waals surface area contributed by atoms with Crippen molar-refractivity contribution in [3.8, 4) is 0 Å². The maximum absolute atomic E-state index is 13.6. The van der Waals surface area contributed by atoms with Crippen LogP contribution in [0.25, 0.3) is 21.9 Å². The normalized spacial score (nSPS) is 24.1. The van der Waals surface area contributed by atoms with E-state index in [4.69, 9.17) is 4.98 Å². The topological polar surface area (TPSA) is 105 Å². The summed E-state index contributed by atoms with van der Waals surface area (Å²) in [5.41, 5.74) is 5.01. The summed E-state index contributed by atoms with van der Waals surface area (Å²) in [6.07, 6.45) is 7.07. The van der Waals surface area contributed by atoms with E-state index in [9.17, 15) is 4.79 Å². The third-order valence-electron chi connectivity index (χ3n) is 8.45. The first kappa shape index (κ1) is 21.7. The van der Waals surface area contributed by atoms with Gasteiger partial charge in [0.2, 0.25) is 5.95 Å². The van der Waals surface area contributed by atoms with Crippen molar-refractivity contribution < 1.29 is 4.79 Å². The molecule has 186 valence electrons. The van der Waals surface area contributed by atoms with E-state index >= 15 is 0 Å². The lowest BCUT2D eigenvalue weighted by Crippen LogP contribution is -2.45. The molecule has 1 saturated heterocycles. The molecule has 3 fully saturated rings. The number of nitrogens with one attached hydrogen (secondary N) is 4. The van der Waals surface area contributed by atoms with Crippen LogP contribution in [0.3, 0.4) is 0 Å². The van der Waals surface area contributed by atoms with E-state index in [-0.39, 0.29) is 5.91 Å². The Bertz CT molecular complexity index is 1430. The number of anilines is 3. The minimum absolute atomic E-state index is 0.123. The molecule has 2 bridgehead atoms. The summed E-state index contributed by atoms with van der Waals surface area (Å²) >= 11 is 0. The predicted molar refractivity (Wildman–Crippen MR) is 143 cm³/mol. The van der Waals surface area contributed by atoms with Crippen LogP contribution in [0.1, 0.15) is 36.0 Å². The molecular formula is C27H32N8O. The van der Waals surface area contributed by atoms with Crippen molar-refractivity contribution in [3.05, 3.63) is 42.1 Å². The SMILES string of the molecule is CN1CCN(c2cc3nc(N[C@H]4C[C@@H]5CC[C@H]4C5)[nH]c3cc2C(=O)Nc2ccc3cn[nH]c3c2)CC1. The zero-order valence-electron chi connectivity index (χ0n) is 20.6. The number of hydrogen-bond donors (Lipinski definition) is 4. The van der Waals surface area contributed by atoms with Crippen LogP contribution in [-0.4, -0.2) is 70.2 Å². The summed E-state index contributed by atoms with van der Waals surface area (Å²) in [7, 11) is 2.14. The number of aromatic nitrogens is 4. The van der Waals surface area contributed by atoms with Gasteiger partial charge in [-0.3, -0.25) is 9.89 Å². The molecule has 4 aromatic rings. The van der Waals surface area contributed by atoms with Crippen LogP contribution in [0.5, 0.6) is 0 Å². The van der Waals surface area contributed by atoms with Crippen molar-refractivity contribution in [3.63, 3.8) is 0 Å². The van der Waals surface area contributed by atoms with Crippen LogP contribution in [-0.2, 0) is 0 Å². The van der Waals surface area contributed by atoms with E-state index in [1.165, 1.54) is 25.7 Å². The molecule has 0 radical (unpaired) electrons. The fraction of sp³-hybridized carbons (Fsp3) is 0.444. The Balaban J connectivity index is 1.21. The summed E-state index contributed by atoms with van der Waals surface area (Å²) in [6, 6.07) is 10.3. The second kappa shape index (κ2) is 8.51. The predicted octanol–water partition coefficient (Wildman–Crippen LogP) is 4.04. The molecule has 36 heavy (non-hydrogen) atoms. The molecule has 3 aliphatic rings. The lowest BCUT2D eigenvalue weighted by atomic mass is 9.95. The van der Waals surface area contributed by atoms with E-state index in [0.717, 1.165) is 77.3 Å². The molecule has 1 aliphatic heterocycles. The number of imidazole rings is 1. The average Bonchev–Trinajstić information content (AvgIpc) is 3.67. The highest BCUT2D eigenvalue weighted by Crippen LogP contribution is 2.45. The van der Waals surface area contributed by atoms with Gasteiger partial charge in [-0.25, -0.2) is 4.98 Å². The molecule has 9 heteroatoms. The first-order chi connectivity index (χ1) is 17.6. The number of likely N-dealkylation sites (N-methyl/N-ethyl adjacent to an activating group) is 1. The van der Waals surface area contributed by atoms with Gasteiger partial charge in [-0.05, 0) is 68.5 Å². The Kier molecular flexibility index (Phi) is 5.13. The van der Waals surface area contributed by atoms with E-state index in [1.54, 1.807) is 6.20 Å². The lowest BCUT2D eigenvalue weighted by Gasteiger charge is -2.35. The number of nitrogens with zero attached hydrogens (tertiary/aromatic N) is 4. The number of fused-ring (bicyclic) bond motifs is 4. The summed E-state index contributed by atoms with van der Waals surface area (Å²) in [5, 5.41) is 14.8. The number of carbonyl (C=O) groups excluding carboxylic acids is 1. The third-order valence-corrected chi connectivity index (χ3v) is 8.45. The first-order valence-corrected chi connectivity index (χ1v) is 13.1. The Hall–Kier alpha value is -3.59. The molecule has 4 N–H and O–H groups in total. The number of piperazine rings is 1. The summed E-state index contributed by atoms with van der Waals surface area (Å²) < 4.78 is 0. The van der Waals surface area contributed by atoms with Gasteiger partial charge in [-0.15, -0.1) is 0 Å². The third kappa shape index (κ3) is 3.87. The molecule has 0 spiro atoms. The van der Waals surface area contributed by atoms with Crippen molar-refractivity contribution in [2.24, 2.45) is 11.8 Å². The number of carbonyl (C=O) groups is 1. The second-order valence-electron chi connectivity index (χ2n) is 10.8. The molecule has 9 nitrogen and oxygen atoms in total. The quantitative estimate of drug-likeness (QED) is 0.341. The molecule has 2 saturated carbocycles. The van der Waals surface area contributed by atoms with Gasteiger partial charge in [-0.2, -0.15) is 5.10 Å². The zero-order valence-corrected chi connectivity index (χ0v) is 20.6. The van der Waals surface area contributed by atoms with Gasteiger partial charge < -0.3 is 25.4 Å². The van der Waals surface area contributed by atoms with Crippen LogP contribution < -0.4 is 15.5 Å². The second-order valence-corrected chi connectivity index (χ2v) is 10.8. The number of H-pyrrole nitrogens is 2. The number of rotatable bonds is 5. The molecule has 2 aromatic carbocycles. The number of aromatic amines is 2. The standard InChI is InChI=1S/C27H32N8O/c1-34-6-8-35(9-7-34)25-14-24-23(31-27(32-24)30-21-11-16-2-3-17(21)10-16)13-20(25)26(36)29-19-5-4-18-15-28-33-22(18)12-19/h4-5,12-17,21H,2-3,6-11H2,1H3,(H,28,33)(H,29,36)(H2,30,31,32)/t16-,17+,21+/m1/s1. The van der Waals surface area contributed by atoms with Crippen molar-refractivity contribution in [1.82, 2.24) is 25.1 Å². The molecule has 1 amide bonds. The summed E-state index contributed by atoms with van der Waals surface area (Å²) in [5.74, 6) is 2.32. The van der Waals surface area contributed by atoms with E-state index in [1.807, 2.05) is 24.3 Å². The molecule has 0 unspecified atom stereocenters. The van der Waals surface area contributed by atoms with Crippen LogP contribution in [0.2, 0.25) is 0 Å². The maximum Gasteiger partial charge on any atom is 0.257 e. The molecular weight excluding hydrogens is 452 g/mol. The largest absolute Gasteiger partial charge is 0.368 e. The van der Waals surface area contributed by atoms with Crippen LogP contribution in [0, 0.1) is 11.8 Å². The van der Waals surface area contributed by atoms with Gasteiger partial charge in [0.05, 0.1) is 34.0 Å². The highest BCUT2D eigenvalue weighted by Gasteiger charge is 2.39. The van der Waals surface area contributed by atoms with Crippen molar-refractivity contribution in [2.45, 2.75) is 31.7 Å². The first-order valence-electron chi connectivity index (χ1n) is 13.1. The van der Waals surface area contributed by atoms with Crippen LogP contribution >= 0.6 is 0 Å². The monoisotopic (exact) mass is 484 g/mol. The van der Waals surface area contributed by atoms with Gasteiger partial charge >= 0.3 is 0 Å². The highest BCUT2D eigenvalue weighted by atomic mass is 16.1. The van der Waals surface area contributed by atoms with E-state index in [0.29, 0.717) is 11.6 Å². The van der Waals surface area contributed by atoms with E-state index < -0.39 is 0 Å². The lowest BCUT2D eigenvalue weighted by molar-refractivity contribution is 0.102. The molecule has 7 rings (SSSR count). The van der Waals surface area contributed by atoms with Gasteiger partial charge in [-0.1, -0.05) is 6.42 Å². The van der Waals surface area contributed by atoms with Crippen molar-refractivity contribution in [1.29, 1.82) is 0 Å². The average molecular weight is 485 g/mol. The Labute approximate surface area is 209 Å². The maximum atomic E-state index is 13.6. The Morgan fingerprint density at radius 1 is 1.06 bits per heavy atom. The van der Waals surface area contributed by atoms with E-state index in [2.05, 4.69) is 48.7 Å². The number of benzene rings is 2. The minimum atomic E-state index is -0.123. The molecule has 3 atom stereocenters. The van der Waals surface area contributed by atoms with Gasteiger partial charge in [0.25, 0.3) is 5.91 Å². The molecule has 2 aromatic heterocycles. The van der Waals surface area contributed by atoms with Gasteiger partial charge in [0.15, 0.2) is 0 Å². The molecule has 2 aliphatic carbocycles. The van der Waals surface area contributed by atoms with Crippen LogP contribution in [0.15, 0.2) is 36.5 Å². The van der Waals surface area contributed by atoms with Crippen LogP contribution in [0.4, 0.5) is 17.3 Å². The summed E-state index contributed by atoms with van der Waals surface area (Å²) in [4.78, 5) is 26.6. The van der Waals surface area contributed by atoms with Gasteiger partial charge in [0.1, 0.15) is 0 Å².